The number of amides is 1. The quantitative estimate of drug-likeness (QED) is 0.512. The predicted molar refractivity (Wildman–Crippen MR) is 96.7 cm³/mol. The number of nitrogens with one attached hydrogen (secondary N) is 2. The molecule has 9 heteroatoms. The number of nitrogens with zero attached hydrogens (tertiary/aromatic N) is 1. The van der Waals surface area contributed by atoms with Crippen molar-refractivity contribution < 1.29 is 14.0 Å². The molecule has 128 valence electrons. The Bertz CT molecular complexity index is 957. The van der Waals surface area contributed by atoms with Gasteiger partial charge >= 0.3 is 10.7 Å². The van der Waals surface area contributed by atoms with Crippen LogP contribution in [0.1, 0.15) is 0 Å². The smallest absolute Gasteiger partial charge is 0.324 e. The van der Waals surface area contributed by atoms with Crippen molar-refractivity contribution >= 4 is 46.6 Å². The molecule has 1 heterocycles. The third kappa shape index (κ3) is 4.07. The molecule has 0 aliphatic carbocycles. The molecule has 0 fully saturated rings. The van der Waals surface area contributed by atoms with Gasteiger partial charge < -0.3 is 5.32 Å². The number of H-pyrrole nitrogens is 1. The molecule has 0 aliphatic rings. The number of thioether (sulfide) groups is 1. The van der Waals surface area contributed by atoms with Gasteiger partial charge in [-0.1, -0.05) is 47.5 Å². The minimum atomic E-state index is -0.553. The summed E-state index contributed by atoms with van der Waals surface area (Å²) in [6.45, 7) is 0. The van der Waals surface area contributed by atoms with Crippen LogP contribution in [-0.4, -0.2) is 16.9 Å². The lowest BCUT2D eigenvalue weighted by atomic mass is 10.3. The molecule has 2 aromatic carbocycles. The van der Waals surface area contributed by atoms with Crippen LogP contribution in [0.25, 0.3) is 5.69 Å². The Balaban J connectivity index is 1.72. The highest BCUT2D eigenvalue weighted by molar-refractivity contribution is 7.99. The van der Waals surface area contributed by atoms with E-state index in [1.54, 1.807) is 30.3 Å². The number of hydrogen-bond acceptors (Lipinski definition) is 4. The van der Waals surface area contributed by atoms with E-state index in [0.29, 0.717) is 16.4 Å². The van der Waals surface area contributed by atoms with Gasteiger partial charge in [-0.05, 0) is 33.8 Å². The van der Waals surface area contributed by atoms with E-state index in [0.717, 1.165) is 11.8 Å². The van der Waals surface area contributed by atoms with Gasteiger partial charge in [0.1, 0.15) is 0 Å². The Morgan fingerprint density at radius 1 is 1.16 bits per heavy atom. The summed E-state index contributed by atoms with van der Waals surface area (Å²) < 4.78 is 6.31. The van der Waals surface area contributed by atoms with Crippen LogP contribution in [0.4, 0.5) is 5.69 Å². The molecule has 3 rings (SSSR count). The summed E-state index contributed by atoms with van der Waals surface area (Å²) in [7, 11) is 0. The fraction of sp³-hybridized carbons (Fsp3) is 0.0625. The molecule has 0 radical (unpaired) electrons. The van der Waals surface area contributed by atoms with Crippen molar-refractivity contribution in [2.24, 2.45) is 0 Å². The largest absolute Gasteiger partial charge is 0.442 e. The molecule has 2 N–H and O–H groups in total. The SMILES string of the molecule is O=C(CSc1c(=O)o[nH][n+]1-c1ccccc1)Nc1cccc(Cl)c1Cl. The molecule has 6 nitrogen and oxygen atoms in total. The Kier molecular flexibility index (Phi) is 5.47. The van der Waals surface area contributed by atoms with E-state index in [9.17, 15) is 9.59 Å². The standard InChI is InChI=1S/C16H11Cl2N3O3S/c17-11-7-4-8-12(14(11)18)19-13(22)9-25-15-16(23)24-20-21(15)10-5-2-1-3-6-10/h1-8H,9H2,(H-,19,20,22,23)/p+1. The predicted octanol–water partition coefficient (Wildman–Crippen LogP) is 3.28. The first-order chi connectivity index (χ1) is 12.1. The summed E-state index contributed by atoms with van der Waals surface area (Å²) in [5.41, 5.74) is 0.577. The molecule has 0 saturated carbocycles. The average molecular weight is 397 g/mol. The number of aromatic amines is 1. The minimum absolute atomic E-state index is 0.00170. The van der Waals surface area contributed by atoms with Gasteiger partial charge in [-0.2, -0.15) is 0 Å². The lowest BCUT2D eigenvalue weighted by Gasteiger charge is -2.06. The first-order valence-corrected chi connectivity index (χ1v) is 8.86. The lowest BCUT2D eigenvalue weighted by Crippen LogP contribution is -2.36. The van der Waals surface area contributed by atoms with E-state index in [2.05, 4.69) is 10.6 Å². The number of hydrogen-bond donors (Lipinski definition) is 2. The highest BCUT2D eigenvalue weighted by Crippen LogP contribution is 2.29. The normalized spacial score (nSPS) is 10.6. The average Bonchev–Trinajstić information content (AvgIpc) is 2.98. The van der Waals surface area contributed by atoms with Gasteiger partial charge in [0.05, 0.1) is 21.5 Å². The van der Waals surface area contributed by atoms with Crippen molar-refractivity contribution in [3.63, 3.8) is 0 Å². The summed E-state index contributed by atoms with van der Waals surface area (Å²) in [4.78, 5) is 24.0. The van der Waals surface area contributed by atoms with Gasteiger partial charge in [-0.3, -0.25) is 9.32 Å². The number of halogens is 2. The lowest BCUT2D eigenvalue weighted by molar-refractivity contribution is -0.704. The molecule has 1 amide bonds. The minimum Gasteiger partial charge on any atom is -0.324 e. The van der Waals surface area contributed by atoms with Crippen molar-refractivity contribution in [3.05, 3.63) is 69.0 Å². The van der Waals surface area contributed by atoms with E-state index >= 15 is 0 Å². The first-order valence-electron chi connectivity index (χ1n) is 7.12. The highest BCUT2D eigenvalue weighted by Gasteiger charge is 2.24. The van der Waals surface area contributed by atoms with E-state index < -0.39 is 5.63 Å². The third-order valence-electron chi connectivity index (χ3n) is 3.19. The van der Waals surface area contributed by atoms with E-state index in [1.807, 2.05) is 18.2 Å². The summed E-state index contributed by atoms with van der Waals surface area (Å²) in [6, 6.07) is 14.1. The molecule has 0 saturated heterocycles. The summed E-state index contributed by atoms with van der Waals surface area (Å²) >= 11 is 13.0. The third-order valence-corrected chi connectivity index (χ3v) is 5.04. The van der Waals surface area contributed by atoms with Crippen molar-refractivity contribution in [2.45, 2.75) is 5.03 Å². The Labute approximate surface area is 156 Å². The number of carbonyl (C=O) groups excluding carboxylic acids is 1. The second-order valence-corrected chi connectivity index (χ2v) is 6.64. The zero-order chi connectivity index (χ0) is 17.8. The highest BCUT2D eigenvalue weighted by atomic mass is 35.5. The van der Waals surface area contributed by atoms with Crippen molar-refractivity contribution in [2.75, 3.05) is 11.1 Å². The van der Waals surface area contributed by atoms with Gasteiger partial charge in [0.25, 0.3) is 0 Å². The van der Waals surface area contributed by atoms with E-state index in [4.69, 9.17) is 27.7 Å². The topological polar surface area (TPSA) is 79.0 Å². The Hall–Kier alpha value is -2.22. The van der Waals surface area contributed by atoms with Crippen LogP contribution in [-0.2, 0) is 4.79 Å². The molecular weight excluding hydrogens is 385 g/mol. The zero-order valence-electron chi connectivity index (χ0n) is 12.7. The number of benzene rings is 2. The van der Waals surface area contributed by atoms with Gasteiger partial charge in [0, 0.05) is 12.1 Å². The molecule has 25 heavy (non-hydrogen) atoms. The van der Waals surface area contributed by atoms with Crippen molar-refractivity contribution in [1.29, 1.82) is 0 Å². The summed E-state index contributed by atoms with van der Waals surface area (Å²) in [5.74, 6) is -0.326. The van der Waals surface area contributed by atoms with Crippen molar-refractivity contribution in [1.82, 2.24) is 5.27 Å². The number of rotatable bonds is 5. The van der Waals surface area contributed by atoms with Crippen LogP contribution in [0.3, 0.4) is 0 Å². The van der Waals surface area contributed by atoms with Crippen molar-refractivity contribution in [3.8, 4) is 5.69 Å². The fourth-order valence-corrected chi connectivity index (χ4v) is 3.17. The molecule has 0 spiro atoms. The fourth-order valence-electron chi connectivity index (χ4n) is 2.05. The van der Waals surface area contributed by atoms with Crippen LogP contribution in [0, 0.1) is 0 Å². The maximum absolute atomic E-state index is 12.1. The van der Waals surface area contributed by atoms with Crippen LogP contribution < -0.4 is 15.6 Å². The van der Waals surface area contributed by atoms with E-state index in [-0.39, 0.29) is 21.7 Å². The van der Waals surface area contributed by atoms with Gasteiger partial charge in [0.2, 0.25) is 11.6 Å². The molecule has 0 bridgehead atoms. The molecule has 1 aromatic heterocycles. The molecule has 3 aromatic rings. The maximum Gasteiger partial charge on any atom is 0.442 e. The monoisotopic (exact) mass is 396 g/mol. The molecule has 0 aliphatic heterocycles. The number of aromatic nitrogens is 2. The molecule has 0 atom stereocenters. The second-order valence-electron chi connectivity index (χ2n) is 4.90. The van der Waals surface area contributed by atoms with Gasteiger partial charge in [0.15, 0.2) is 0 Å². The Morgan fingerprint density at radius 3 is 2.68 bits per heavy atom. The van der Waals surface area contributed by atoms with Crippen LogP contribution in [0.2, 0.25) is 10.0 Å². The molecule has 0 unspecified atom stereocenters. The number of para-hydroxylation sites is 1. The van der Waals surface area contributed by atoms with Gasteiger partial charge in [-0.25, -0.2) is 4.79 Å². The van der Waals surface area contributed by atoms with Crippen LogP contribution in [0.15, 0.2) is 62.9 Å². The first kappa shape index (κ1) is 17.6. The zero-order valence-corrected chi connectivity index (χ0v) is 15.0. The summed E-state index contributed by atoms with van der Waals surface area (Å²) in [5, 5.41) is 6.06. The Morgan fingerprint density at radius 2 is 1.92 bits per heavy atom. The van der Waals surface area contributed by atoms with Crippen LogP contribution in [0.5, 0.6) is 0 Å². The van der Waals surface area contributed by atoms with Gasteiger partial charge in [-0.15, -0.1) is 0 Å². The second kappa shape index (κ2) is 7.77. The van der Waals surface area contributed by atoms with E-state index in [1.165, 1.54) is 4.68 Å². The summed E-state index contributed by atoms with van der Waals surface area (Å²) in [6.07, 6.45) is 0. The molecular formula is C16H12Cl2N3O3S+. The number of anilines is 1. The number of carbonyl (C=O) groups is 1. The van der Waals surface area contributed by atoms with Crippen LogP contribution >= 0.6 is 35.0 Å². The maximum atomic E-state index is 12.1.